The summed E-state index contributed by atoms with van der Waals surface area (Å²) in [4.78, 5) is 0. The summed E-state index contributed by atoms with van der Waals surface area (Å²) in [5, 5.41) is 0. The zero-order valence-corrected chi connectivity index (χ0v) is 11.7. The molecule has 1 radical (unpaired) electrons. The van der Waals surface area contributed by atoms with Crippen molar-refractivity contribution in [1.82, 2.24) is 0 Å². The maximum absolute atomic E-state index is 3.61. The molecule has 0 N–H and O–H groups in total. The van der Waals surface area contributed by atoms with Crippen molar-refractivity contribution < 1.29 is 0 Å². The topological polar surface area (TPSA) is 0 Å². The molecule has 2 aromatic rings. The van der Waals surface area contributed by atoms with Crippen LogP contribution in [0.2, 0.25) is 0 Å². The van der Waals surface area contributed by atoms with E-state index >= 15 is 0 Å². The molecule has 18 heavy (non-hydrogen) atoms. The van der Waals surface area contributed by atoms with E-state index in [9.17, 15) is 0 Å². The van der Waals surface area contributed by atoms with Gasteiger partial charge in [0.15, 0.2) is 0 Å². The van der Waals surface area contributed by atoms with Crippen molar-refractivity contribution in [3.8, 4) is 11.1 Å². The van der Waals surface area contributed by atoms with Crippen molar-refractivity contribution in [2.24, 2.45) is 0 Å². The van der Waals surface area contributed by atoms with Gasteiger partial charge in [-0.1, -0.05) is 70.2 Å². The fourth-order valence-corrected chi connectivity index (χ4v) is 2.19. The third kappa shape index (κ3) is 2.64. The Labute approximate surface area is 111 Å². The average molecular weight is 237 g/mol. The molecule has 0 fully saturated rings. The zero-order valence-electron chi connectivity index (χ0n) is 11.7. The average Bonchev–Trinajstić information content (AvgIpc) is 2.39. The second kappa shape index (κ2) is 5.39. The summed E-state index contributed by atoms with van der Waals surface area (Å²) in [6.45, 7) is 8.92. The van der Waals surface area contributed by atoms with E-state index in [4.69, 9.17) is 0 Å². The first-order chi connectivity index (χ1) is 8.59. The van der Waals surface area contributed by atoms with Gasteiger partial charge in [-0.15, -0.1) is 0 Å². The molecule has 0 spiro atoms. The molecule has 0 aliphatic carbocycles. The van der Waals surface area contributed by atoms with E-state index < -0.39 is 0 Å². The van der Waals surface area contributed by atoms with Crippen LogP contribution >= 0.6 is 0 Å². The predicted molar refractivity (Wildman–Crippen MR) is 78.9 cm³/mol. The van der Waals surface area contributed by atoms with Crippen LogP contribution < -0.4 is 0 Å². The molecule has 2 rings (SSSR count). The molecule has 0 aromatic heterocycles. The van der Waals surface area contributed by atoms with Crippen LogP contribution in [0.15, 0.2) is 42.5 Å². The highest BCUT2D eigenvalue weighted by molar-refractivity contribution is 5.68. The Hall–Kier alpha value is -1.56. The van der Waals surface area contributed by atoms with Crippen LogP contribution in [0, 0.1) is 6.07 Å². The second-order valence-corrected chi connectivity index (χ2v) is 5.42. The fourth-order valence-electron chi connectivity index (χ4n) is 2.19. The van der Waals surface area contributed by atoms with Gasteiger partial charge in [-0.25, -0.2) is 0 Å². The van der Waals surface area contributed by atoms with E-state index in [-0.39, 0.29) is 0 Å². The highest BCUT2D eigenvalue weighted by Gasteiger charge is 2.11. The van der Waals surface area contributed by atoms with Crippen LogP contribution in [-0.2, 0) is 0 Å². The van der Waals surface area contributed by atoms with Crippen LogP contribution in [0.5, 0.6) is 0 Å². The number of rotatable bonds is 3. The molecule has 0 heterocycles. The van der Waals surface area contributed by atoms with Crippen molar-refractivity contribution in [3.05, 3.63) is 59.7 Å². The quantitative estimate of drug-likeness (QED) is 0.670. The second-order valence-electron chi connectivity index (χ2n) is 5.42. The largest absolute Gasteiger partial charge is 0.0622 e. The molecule has 0 aliphatic heterocycles. The van der Waals surface area contributed by atoms with Gasteiger partial charge in [-0.3, -0.25) is 0 Å². The van der Waals surface area contributed by atoms with Gasteiger partial charge in [0.1, 0.15) is 0 Å². The normalized spacial score (nSPS) is 11.2. The minimum absolute atomic E-state index is 0.499. The van der Waals surface area contributed by atoms with E-state index in [0.717, 1.165) is 0 Å². The standard InChI is InChI=1S/C18H21/c1-13(2)16-10-11-17(18(12-16)14(3)4)15-8-6-5-7-9-15/h5-11,13-14H,1-4H3. The van der Waals surface area contributed by atoms with Crippen molar-refractivity contribution in [3.63, 3.8) is 0 Å². The molecule has 0 bridgehead atoms. The van der Waals surface area contributed by atoms with Crippen molar-refractivity contribution in [2.75, 3.05) is 0 Å². The van der Waals surface area contributed by atoms with Crippen LogP contribution in [0.4, 0.5) is 0 Å². The van der Waals surface area contributed by atoms with E-state index in [1.54, 1.807) is 0 Å². The van der Waals surface area contributed by atoms with Gasteiger partial charge >= 0.3 is 0 Å². The van der Waals surface area contributed by atoms with Crippen LogP contribution in [0.3, 0.4) is 0 Å². The summed E-state index contributed by atoms with van der Waals surface area (Å²) >= 11 is 0. The van der Waals surface area contributed by atoms with Gasteiger partial charge in [0, 0.05) is 0 Å². The fraction of sp³-hybridized carbons (Fsp3) is 0.333. The minimum atomic E-state index is 0.499. The monoisotopic (exact) mass is 237 g/mol. The highest BCUT2D eigenvalue weighted by atomic mass is 14.1. The smallest absolute Gasteiger partial charge is 0.0102 e. The Kier molecular flexibility index (Phi) is 3.86. The Morgan fingerprint density at radius 2 is 1.44 bits per heavy atom. The molecular weight excluding hydrogens is 216 g/mol. The van der Waals surface area contributed by atoms with Crippen LogP contribution in [-0.4, -0.2) is 0 Å². The molecule has 0 saturated heterocycles. The first kappa shape index (κ1) is 12.9. The summed E-state index contributed by atoms with van der Waals surface area (Å²) in [5.41, 5.74) is 5.23. The lowest BCUT2D eigenvalue weighted by atomic mass is 9.88. The molecular formula is C18H21. The number of benzene rings is 2. The Morgan fingerprint density at radius 3 is 2.00 bits per heavy atom. The molecule has 0 amide bonds. The van der Waals surface area contributed by atoms with Gasteiger partial charge in [0.25, 0.3) is 0 Å². The van der Waals surface area contributed by atoms with E-state index in [0.29, 0.717) is 11.8 Å². The van der Waals surface area contributed by atoms with Crippen molar-refractivity contribution in [1.29, 1.82) is 0 Å². The van der Waals surface area contributed by atoms with Gasteiger partial charge in [0.05, 0.1) is 0 Å². The van der Waals surface area contributed by atoms with Crippen LogP contribution in [0.25, 0.3) is 11.1 Å². The van der Waals surface area contributed by atoms with Crippen LogP contribution in [0.1, 0.15) is 50.7 Å². The number of hydrogen-bond donors (Lipinski definition) is 0. The summed E-state index contributed by atoms with van der Waals surface area (Å²) < 4.78 is 0. The highest BCUT2D eigenvalue weighted by Crippen LogP contribution is 2.31. The third-order valence-electron chi connectivity index (χ3n) is 3.28. The molecule has 0 aliphatic rings. The molecule has 0 unspecified atom stereocenters. The van der Waals surface area contributed by atoms with Gasteiger partial charge < -0.3 is 0 Å². The summed E-state index contributed by atoms with van der Waals surface area (Å²) in [5.74, 6) is 1.03. The lowest BCUT2D eigenvalue weighted by Crippen LogP contribution is -1.97. The molecule has 0 saturated carbocycles. The Bertz CT molecular complexity index is 507. The maximum Gasteiger partial charge on any atom is -0.0102 e. The first-order valence-electron chi connectivity index (χ1n) is 6.71. The minimum Gasteiger partial charge on any atom is -0.0622 e. The molecule has 0 nitrogen and oxygen atoms in total. The van der Waals surface area contributed by atoms with Gasteiger partial charge in [-0.2, -0.15) is 0 Å². The van der Waals surface area contributed by atoms with E-state index in [2.05, 4.69) is 76.2 Å². The Morgan fingerprint density at radius 1 is 0.778 bits per heavy atom. The zero-order chi connectivity index (χ0) is 13.1. The predicted octanol–water partition coefficient (Wildman–Crippen LogP) is 5.40. The lowest BCUT2D eigenvalue weighted by Gasteiger charge is -2.16. The summed E-state index contributed by atoms with van der Waals surface area (Å²) in [7, 11) is 0. The van der Waals surface area contributed by atoms with Crippen molar-refractivity contribution in [2.45, 2.75) is 39.5 Å². The maximum atomic E-state index is 3.61. The summed E-state index contributed by atoms with van der Waals surface area (Å²) in [6, 6.07) is 18.7. The van der Waals surface area contributed by atoms with Gasteiger partial charge in [-0.05, 0) is 40.2 Å². The van der Waals surface area contributed by atoms with E-state index in [1.165, 1.54) is 22.3 Å². The molecule has 0 atom stereocenters. The first-order valence-corrected chi connectivity index (χ1v) is 6.71. The van der Waals surface area contributed by atoms with Gasteiger partial charge in [0.2, 0.25) is 0 Å². The van der Waals surface area contributed by atoms with Crippen molar-refractivity contribution >= 4 is 0 Å². The molecule has 0 heteroatoms. The SMILES string of the molecule is CC(C)c1[c]c(C(C)C)c(-c2ccccc2)cc1. The Balaban J connectivity index is 2.54. The molecule has 93 valence electrons. The molecule has 2 aromatic carbocycles. The lowest BCUT2D eigenvalue weighted by molar-refractivity contribution is 0.832. The number of hydrogen-bond acceptors (Lipinski definition) is 0. The summed E-state index contributed by atoms with van der Waals surface area (Å²) in [6.07, 6.45) is 0. The third-order valence-corrected chi connectivity index (χ3v) is 3.28. The van der Waals surface area contributed by atoms with E-state index in [1.807, 2.05) is 0 Å².